The lowest BCUT2D eigenvalue weighted by Gasteiger charge is -2.30. The first kappa shape index (κ1) is 21.1. The van der Waals surface area contributed by atoms with Crippen LogP contribution in [-0.4, -0.2) is 45.5 Å². The number of esters is 1. The summed E-state index contributed by atoms with van der Waals surface area (Å²) in [7, 11) is 1.59. The predicted octanol–water partition coefficient (Wildman–Crippen LogP) is 3.63. The Labute approximate surface area is 181 Å². The molecular formula is C22H29N5O4. The number of carbonyl (C=O) groups excluding carboxylic acids is 1. The van der Waals surface area contributed by atoms with E-state index in [-0.39, 0.29) is 18.2 Å². The monoisotopic (exact) mass is 427 g/mol. The average molecular weight is 428 g/mol. The number of hydrogen-bond donors (Lipinski definition) is 1. The summed E-state index contributed by atoms with van der Waals surface area (Å²) < 4.78 is 18.9. The van der Waals surface area contributed by atoms with Gasteiger partial charge >= 0.3 is 5.97 Å². The first-order valence-electron chi connectivity index (χ1n) is 10.8. The number of hydrogen-bond acceptors (Lipinski definition) is 8. The third kappa shape index (κ3) is 4.35. The largest absolute Gasteiger partial charge is 0.493 e. The number of fused-ring (bicyclic) bond motifs is 1. The van der Waals surface area contributed by atoms with Crippen LogP contribution in [0.1, 0.15) is 64.5 Å². The van der Waals surface area contributed by atoms with Gasteiger partial charge in [0.2, 0.25) is 5.95 Å². The van der Waals surface area contributed by atoms with Gasteiger partial charge in [-0.05, 0) is 74.6 Å². The third-order valence-electron chi connectivity index (χ3n) is 5.63. The van der Waals surface area contributed by atoms with Crippen LogP contribution >= 0.6 is 0 Å². The van der Waals surface area contributed by atoms with Crippen molar-refractivity contribution < 1.29 is 19.0 Å². The molecule has 1 saturated carbocycles. The molecule has 1 aliphatic carbocycles. The summed E-state index contributed by atoms with van der Waals surface area (Å²) in [5, 5.41) is 15.1. The van der Waals surface area contributed by atoms with Gasteiger partial charge in [-0.15, -0.1) is 0 Å². The Morgan fingerprint density at radius 1 is 1.19 bits per heavy atom. The van der Waals surface area contributed by atoms with Gasteiger partial charge in [0, 0.05) is 5.70 Å². The fraction of sp³-hybridized carbons (Fsp3) is 0.545. The lowest BCUT2D eigenvalue weighted by Crippen LogP contribution is -2.32. The summed E-state index contributed by atoms with van der Waals surface area (Å²) in [5.74, 6) is 1.35. The maximum absolute atomic E-state index is 13.3. The summed E-state index contributed by atoms with van der Waals surface area (Å²) >= 11 is 0. The molecule has 0 saturated heterocycles. The van der Waals surface area contributed by atoms with Crippen molar-refractivity contribution in [3.63, 3.8) is 0 Å². The summed E-state index contributed by atoms with van der Waals surface area (Å²) in [6, 6.07) is 5.08. The smallest absolute Gasteiger partial charge is 0.338 e. The van der Waals surface area contributed by atoms with E-state index >= 15 is 0 Å². The van der Waals surface area contributed by atoms with Gasteiger partial charge in [0.25, 0.3) is 0 Å². The van der Waals surface area contributed by atoms with E-state index < -0.39 is 6.04 Å². The van der Waals surface area contributed by atoms with Gasteiger partial charge in [-0.2, -0.15) is 4.68 Å². The summed E-state index contributed by atoms with van der Waals surface area (Å²) in [5.41, 5.74) is 1.97. The molecule has 9 heteroatoms. The molecule has 2 aliphatic rings. The Balaban J connectivity index is 1.71. The minimum atomic E-state index is -0.538. The van der Waals surface area contributed by atoms with Crippen LogP contribution in [-0.2, 0) is 9.53 Å². The van der Waals surface area contributed by atoms with E-state index in [1.807, 2.05) is 39.0 Å². The van der Waals surface area contributed by atoms with Gasteiger partial charge in [-0.25, -0.2) is 4.79 Å². The molecule has 0 bridgehead atoms. The second kappa shape index (κ2) is 8.95. The topological polar surface area (TPSA) is 100 Å². The molecule has 4 rings (SSSR count). The van der Waals surface area contributed by atoms with E-state index in [1.54, 1.807) is 11.8 Å². The average Bonchev–Trinajstić information content (AvgIpc) is 3.21. The first-order valence-corrected chi connectivity index (χ1v) is 10.8. The predicted molar refractivity (Wildman–Crippen MR) is 114 cm³/mol. The molecule has 0 spiro atoms. The van der Waals surface area contributed by atoms with Crippen molar-refractivity contribution in [1.29, 1.82) is 0 Å². The quantitative estimate of drug-likeness (QED) is 0.698. The van der Waals surface area contributed by atoms with Crippen LogP contribution in [0.4, 0.5) is 5.95 Å². The molecular weight excluding hydrogens is 398 g/mol. The molecule has 9 nitrogen and oxygen atoms in total. The summed E-state index contributed by atoms with van der Waals surface area (Å²) in [4.78, 5) is 13.3. The van der Waals surface area contributed by atoms with Gasteiger partial charge in [0.1, 0.15) is 12.1 Å². The van der Waals surface area contributed by atoms with Crippen LogP contribution < -0.4 is 14.8 Å². The minimum Gasteiger partial charge on any atom is -0.493 e. The fourth-order valence-electron chi connectivity index (χ4n) is 4.19. The SMILES string of the molecule is COc1cc(C2C(C(=O)OC3CCCCC3)=C(C)Nc3nnnn32)ccc1OC(C)C. The third-order valence-corrected chi connectivity index (χ3v) is 5.63. The number of anilines is 1. The highest BCUT2D eigenvalue weighted by atomic mass is 16.5. The zero-order chi connectivity index (χ0) is 22.0. The van der Waals surface area contributed by atoms with E-state index in [1.165, 1.54) is 6.42 Å². The van der Waals surface area contributed by atoms with Crippen molar-refractivity contribution in [2.45, 2.75) is 71.1 Å². The fourth-order valence-corrected chi connectivity index (χ4v) is 4.19. The zero-order valence-corrected chi connectivity index (χ0v) is 18.4. The Bertz CT molecular complexity index is 978. The van der Waals surface area contributed by atoms with Crippen LogP contribution in [0.5, 0.6) is 11.5 Å². The Morgan fingerprint density at radius 3 is 2.68 bits per heavy atom. The van der Waals surface area contributed by atoms with Gasteiger partial charge in [-0.3, -0.25) is 0 Å². The van der Waals surface area contributed by atoms with E-state index in [2.05, 4.69) is 20.8 Å². The lowest BCUT2D eigenvalue weighted by molar-refractivity contribution is -0.146. The highest BCUT2D eigenvalue weighted by molar-refractivity contribution is 5.92. The number of methoxy groups -OCH3 is 1. The van der Waals surface area contributed by atoms with Crippen molar-refractivity contribution >= 4 is 11.9 Å². The van der Waals surface area contributed by atoms with E-state index in [4.69, 9.17) is 14.2 Å². The standard InChI is InChI=1S/C22H29N5O4/c1-13(2)30-17-11-10-15(12-18(17)29-4)20-19(14(3)23-22-24-25-26-27(20)22)21(28)31-16-8-6-5-7-9-16/h10-13,16,20H,5-9H2,1-4H3,(H,23,24,26). The first-order chi connectivity index (χ1) is 15.0. The van der Waals surface area contributed by atoms with Crippen LogP contribution in [0, 0.1) is 0 Å². The minimum absolute atomic E-state index is 0.00733. The Kier molecular flexibility index (Phi) is 6.11. The number of nitrogens with one attached hydrogen (secondary N) is 1. The number of nitrogens with zero attached hydrogens (tertiary/aromatic N) is 4. The van der Waals surface area contributed by atoms with Crippen LogP contribution in [0.2, 0.25) is 0 Å². The lowest BCUT2D eigenvalue weighted by atomic mass is 9.94. The normalized spacial score (nSPS) is 19.1. The van der Waals surface area contributed by atoms with E-state index in [9.17, 15) is 4.79 Å². The highest BCUT2D eigenvalue weighted by Crippen LogP contribution is 2.39. The molecule has 166 valence electrons. The van der Waals surface area contributed by atoms with Crippen molar-refractivity contribution in [2.24, 2.45) is 0 Å². The van der Waals surface area contributed by atoms with Crippen molar-refractivity contribution in [1.82, 2.24) is 20.2 Å². The number of tetrazole rings is 1. The molecule has 1 aromatic heterocycles. The summed E-state index contributed by atoms with van der Waals surface area (Å²) in [6.07, 6.45) is 5.13. The van der Waals surface area contributed by atoms with Gasteiger partial charge in [0.15, 0.2) is 11.5 Å². The molecule has 1 fully saturated rings. The highest BCUT2D eigenvalue weighted by Gasteiger charge is 2.36. The molecule has 31 heavy (non-hydrogen) atoms. The summed E-state index contributed by atoms with van der Waals surface area (Å²) in [6.45, 7) is 5.76. The molecule has 1 atom stereocenters. The molecule has 1 aliphatic heterocycles. The molecule has 0 amide bonds. The number of benzene rings is 1. The molecule has 0 radical (unpaired) electrons. The maximum Gasteiger partial charge on any atom is 0.338 e. The maximum atomic E-state index is 13.3. The molecule has 1 aromatic carbocycles. The molecule has 1 unspecified atom stereocenters. The second-order valence-electron chi connectivity index (χ2n) is 8.26. The van der Waals surface area contributed by atoms with Gasteiger partial charge in [-0.1, -0.05) is 17.6 Å². The molecule has 2 heterocycles. The number of carbonyl (C=O) groups is 1. The number of aromatic nitrogens is 4. The second-order valence-corrected chi connectivity index (χ2v) is 8.26. The van der Waals surface area contributed by atoms with Crippen molar-refractivity contribution in [3.8, 4) is 11.5 Å². The van der Waals surface area contributed by atoms with Gasteiger partial charge < -0.3 is 19.5 Å². The van der Waals surface area contributed by atoms with Crippen LogP contribution in [0.3, 0.4) is 0 Å². The molecule has 2 aromatic rings. The number of rotatable bonds is 6. The zero-order valence-electron chi connectivity index (χ0n) is 18.4. The van der Waals surface area contributed by atoms with Crippen molar-refractivity contribution in [2.75, 3.05) is 12.4 Å². The van der Waals surface area contributed by atoms with Gasteiger partial charge in [0.05, 0.1) is 18.8 Å². The van der Waals surface area contributed by atoms with Crippen LogP contribution in [0.25, 0.3) is 0 Å². The number of ether oxygens (including phenoxy) is 3. The Hall–Kier alpha value is -3.10. The van der Waals surface area contributed by atoms with E-state index in [0.29, 0.717) is 28.7 Å². The van der Waals surface area contributed by atoms with E-state index in [0.717, 1.165) is 31.2 Å². The molecule has 1 N–H and O–H groups in total. The number of allylic oxidation sites excluding steroid dienone is 1. The van der Waals surface area contributed by atoms with Crippen LogP contribution in [0.15, 0.2) is 29.5 Å². The van der Waals surface area contributed by atoms with Crippen molar-refractivity contribution in [3.05, 3.63) is 35.0 Å². The Morgan fingerprint density at radius 2 is 1.97 bits per heavy atom.